The lowest BCUT2D eigenvalue weighted by atomic mass is 9.92. The lowest BCUT2D eigenvalue weighted by molar-refractivity contribution is 0.317. The number of para-hydroxylation sites is 1. The lowest BCUT2D eigenvalue weighted by Crippen LogP contribution is -2.15. The second-order valence-corrected chi connectivity index (χ2v) is 5.92. The van der Waals surface area contributed by atoms with Crippen LogP contribution in [0.15, 0.2) is 54.7 Å². The van der Waals surface area contributed by atoms with Gasteiger partial charge in [0.05, 0.1) is 6.61 Å². The van der Waals surface area contributed by atoms with Gasteiger partial charge in [-0.1, -0.05) is 37.3 Å². The molecule has 1 aromatic heterocycles. The molecule has 120 valence electrons. The van der Waals surface area contributed by atoms with E-state index in [2.05, 4.69) is 60.6 Å². The lowest BCUT2D eigenvalue weighted by Gasteiger charge is -2.16. The van der Waals surface area contributed by atoms with Gasteiger partial charge < -0.3 is 15.5 Å². The Balaban J connectivity index is 1.82. The summed E-state index contributed by atoms with van der Waals surface area (Å²) in [5.74, 6) is 1.22. The Bertz CT molecular complexity index is 763. The maximum absolute atomic E-state index is 6.06. The van der Waals surface area contributed by atoms with Crippen LogP contribution in [0.1, 0.15) is 30.4 Å². The first-order valence-electron chi connectivity index (χ1n) is 8.29. The molecule has 0 aliphatic heterocycles. The standard InChI is InChI=1S/C20H24N2O/c1-2-10-23-18-7-5-6-15(12-18)16(13-21)11-17-14-22-20-9-4-3-8-19(17)20/h3-9,12,14,16,22H,2,10-11,13,21H2,1H3. The van der Waals surface area contributed by atoms with Gasteiger partial charge in [-0.3, -0.25) is 0 Å². The fourth-order valence-electron chi connectivity index (χ4n) is 2.98. The second kappa shape index (κ2) is 7.34. The molecule has 3 aromatic rings. The molecule has 0 amide bonds. The van der Waals surface area contributed by atoms with E-state index in [0.717, 1.165) is 25.2 Å². The van der Waals surface area contributed by atoms with Gasteiger partial charge in [-0.2, -0.15) is 0 Å². The number of aromatic nitrogens is 1. The number of H-pyrrole nitrogens is 1. The second-order valence-electron chi connectivity index (χ2n) is 5.92. The van der Waals surface area contributed by atoms with Gasteiger partial charge in [-0.05, 0) is 48.7 Å². The zero-order valence-electron chi connectivity index (χ0n) is 13.6. The van der Waals surface area contributed by atoms with Gasteiger partial charge in [0.15, 0.2) is 0 Å². The molecule has 0 aliphatic carbocycles. The van der Waals surface area contributed by atoms with Crippen LogP contribution >= 0.6 is 0 Å². The van der Waals surface area contributed by atoms with Gasteiger partial charge in [0.25, 0.3) is 0 Å². The molecule has 0 saturated heterocycles. The molecule has 1 heterocycles. The number of ether oxygens (including phenoxy) is 1. The van der Waals surface area contributed by atoms with Crippen LogP contribution in [0.3, 0.4) is 0 Å². The Morgan fingerprint density at radius 2 is 2.00 bits per heavy atom. The minimum Gasteiger partial charge on any atom is -0.494 e. The molecule has 0 saturated carbocycles. The fraction of sp³-hybridized carbons (Fsp3) is 0.300. The number of nitrogens with two attached hydrogens (primary N) is 1. The molecule has 1 atom stereocenters. The smallest absolute Gasteiger partial charge is 0.119 e. The first kappa shape index (κ1) is 15.6. The van der Waals surface area contributed by atoms with E-state index in [4.69, 9.17) is 10.5 Å². The van der Waals surface area contributed by atoms with Crippen LogP contribution in [0.25, 0.3) is 10.9 Å². The summed E-state index contributed by atoms with van der Waals surface area (Å²) in [5.41, 5.74) is 9.80. The van der Waals surface area contributed by atoms with Crippen LogP contribution in [0.2, 0.25) is 0 Å². The molecular weight excluding hydrogens is 284 g/mol. The van der Waals surface area contributed by atoms with Gasteiger partial charge in [-0.25, -0.2) is 0 Å². The van der Waals surface area contributed by atoms with Gasteiger partial charge in [0.2, 0.25) is 0 Å². The third-order valence-electron chi connectivity index (χ3n) is 4.23. The van der Waals surface area contributed by atoms with E-state index >= 15 is 0 Å². The van der Waals surface area contributed by atoms with E-state index in [-0.39, 0.29) is 0 Å². The van der Waals surface area contributed by atoms with Crippen molar-refractivity contribution in [2.24, 2.45) is 5.73 Å². The van der Waals surface area contributed by atoms with Crippen LogP contribution in [0, 0.1) is 0 Å². The monoisotopic (exact) mass is 308 g/mol. The van der Waals surface area contributed by atoms with Crippen LogP contribution in [-0.4, -0.2) is 18.1 Å². The Morgan fingerprint density at radius 3 is 2.83 bits per heavy atom. The highest BCUT2D eigenvalue weighted by Gasteiger charge is 2.14. The highest BCUT2D eigenvalue weighted by Crippen LogP contribution is 2.27. The first-order valence-corrected chi connectivity index (χ1v) is 8.29. The van der Waals surface area contributed by atoms with E-state index in [0.29, 0.717) is 12.5 Å². The summed E-state index contributed by atoms with van der Waals surface area (Å²) in [6, 6.07) is 16.7. The topological polar surface area (TPSA) is 51.0 Å². The average molecular weight is 308 g/mol. The average Bonchev–Trinajstić information content (AvgIpc) is 3.01. The number of aromatic amines is 1. The van der Waals surface area contributed by atoms with E-state index < -0.39 is 0 Å². The van der Waals surface area contributed by atoms with Gasteiger partial charge >= 0.3 is 0 Å². The van der Waals surface area contributed by atoms with Gasteiger partial charge in [-0.15, -0.1) is 0 Å². The van der Waals surface area contributed by atoms with Crippen LogP contribution in [0.5, 0.6) is 5.75 Å². The molecule has 0 fully saturated rings. The molecule has 3 rings (SSSR count). The third kappa shape index (κ3) is 3.57. The summed E-state index contributed by atoms with van der Waals surface area (Å²) >= 11 is 0. The largest absolute Gasteiger partial charge is 0.494 e. The zero-order valence-corrected chi connectivity index (χ0v) is 13.6. The van der Waals surface area contributed by atoms with Crippen molar-refractivity contribution < 1.29 is 4.74 Å². The fourth-order valence-corrected chi connectivity index (χ4v) is 2.98. The molecule has 0 spiro atoms. The summed E-state index contributed by atoms with van der Waals surface area (Å²) in [4.78, 5) is 3.34. The number of nitrogens with one attached hydrogen (secondary N) is 1. The van der Waals surface area contributed by atoms with Crippen molar-refractivity contribution in [2.45, 2.75) is 25.7 Å². The predicted octanol–water partition coefficient (Wildman–Crippen LogP) is 4.24. The molecular formula is C20H24N2O. The Hall–Kier alpha value is -2.26. The van der Waals surface area contributed by atoms with E-state index in [9.17, 15) is 0 Å². The molecule has 0 aliphatic rings. The maximum Gasteiger partial charge on any atom is 0.119 e. The molecule has 3 nitrogen and oxygen atoms in total. The van der Waals surface area contributed by atoms with Crippen molar-refractivity contribution in [3.63, 3.8) is 0 Å². The maximum atomic E-state index is 6.06. The summed E-state index contributed by atoms with van der Waals surface area (Å²) in [6.07, 6.45) is 4.04. The van der Waals surface area contributed by atoms with Crippen molar-refractivity contribution in [2.75, 3.05) is 13.2 Å². The van der Waals surface area contributed by atoms with Gasteiger partial charge in [0.1, 0.15) is 5.75 Å². The minimum atomic E-state index is 0.291. The first-order chi connectivity index (χ1) is 11.3. The third-order valence-corrected chi connectivity index (χ3v) is 4.23. The molecule has 3 N–H and O–H groups in total. The highest BCUT2D eigenvalue weighted by atomic mass is 16.5. The van der Waals surface area contributed by atoms with E-state index in [1.54, 1.807) is 0 Å². The van der Waals surface area contributed by atoms with Crippen molar-refractivity contribution in [1.29, 1.82) is 0 Å². The summed E-state index contributed by atoms with van der Waals surface area (Å²) in [5, 5.41) is 1.28. The Labute approximate surface area is 137 Å². The van der Waals surface area contributed by atoms with Crippen molar-refractivity contribution in [3.05, 3.63) is 65.9 Å². The molecule has 23 heavy (non-hydrogen) atoms. The summed E-state index contributed by atoms with van der Waals surface area (Å²) < 4.78 is 5.75. The summed E-state index contributed by atoms with van der Waals surface area (Å²) in [7, 11) is 0. The van der Waals surface area contributed by atoms with E-state index in [1.807, 2.05) is 6.07 Å². The van der Waals surface area contributed by atoms with Gasteiger partial charge in [0, 0.05) is 23.0 Å². The highest BCUT2D eigenvalue weighted by molar-refractivity contribution is 5.83. The normalized spacial score (nSPS) is 12.4. The SMILES string of the molecule is CCCOc1cccc(C(CN)Cc2c[nH]c3ccccc23)c1. The number of fused-ring (bicyclic) bond motifs is 1. The van der Waals surface area contributed by atoms with Crippen molar-refractivity contribution in [1.82, 2.24) is 4.98 Å². The molecule has 0 radical (unpaired) electrons. The zero-order chi connectivity index (χ0) is 16.1. The molecule has 0 bridgehead atoms. The predicted molar refractivity (Wildman–Crippen MR) is 96.0 cm³/mol. The number of hydrogen-bond acceptors (Lipinski definition) is 2. The molecule has 1 unspecified atom stereocenters. The molecule has 2 aromatic carbocycles. The molecule has 3 heteroatoms. The Kier molecular flexibility index (Phi) is 4.99. The van der Waals surface area contributed by atoms with Crippen LogP contribution < -0.4 is 10.5 Å². The summed E-state index contributed by atoms with van der Waals surface area (Å²) in [6.45, 7) is 3.49. The number of hydrogen-bond donors (Lipinski definition) is 2. The Morgan fingerprint density at radius 1 is 1.13 bits per heavy atom. The van der Waals surface area contributed by atoms with Crippen molar-refractivity contribution in [3.8, 4) is 5.75 Å². The van der Waals surface area contributed by atoms with E-state index in [1.165, 1.54) is 22.0 Å². The van der Waals surface area contributed by atoms with Crippen molar-refractivity contribution >= 4 is 10.9 Å². The van der Waals surface area contributed by atoms with Crippen LogP contribution in [0.4, 0.5) is 0 Å². The van der Waals surface area contributed by atoms with Crippen LogP contribution in [-0.2, 0) is 6.42 Å². The quantitative estimate of drug-likeness (QED) is 0.686. The number of rotatable bonds is 7. The number of benzene rings is 2. The minimum absolute atomic E-state index is 0.291.